The summed E-state index contributed by atoms with van der Waals surface area (Å²) in [5.74, 6) is 1.79. The number of anilines is 1. The predicted molar refractivity (Wildman–Crippen MR) is 140 cm³/mol. The van der Waals surface area contributed by atoms with Crippen molar-refractivity contribution in [3.05, 3.63) is 41.9 Å². The molecule has 1 fully saturated rings. The van der Waals surface area contributed by atoms with Crippen molar-refractivity contribution in [3.63, 3.8) is 0 Å². The molecule has 1 aliphatic rings. The molecular weight excluding hydrogens is 466 g/mol. The van der Waals surface area contributed by atoms with Crippen molar-refractivity contribution in [3.8, 4) is 17.2 Å². The number of methoxy groups -OCH3 is 2. The number of nitrogens with one attached hydrogen (secondary N) is 1. The fraction of sp³-hybridized carbons (Fsp3) is 0.480. The summed E-state index contributed by atoms with van der Waals surface area (Å²) in [4.78, 5) is 3.76. The zero-order valence-corrected chi connectivity index (χ0v) is 22.1. The number of allylic oxidation sites excluding steroid dienone is 2. The number of ether oxygens (including phenoxy) is 2. The lowest BCUT2D eigenvalue weighted by Gasteiger charge is -2.43. The quantitative estimate of drug-likeness (QED) is 0.348. The SMILES string of the molecule is C=N/C=C(C)\C=C\c1nnc(NS(=O)(=O)[C@H](C)CC2CC(C)(C)C2)n1-c1c(OC)cccc1OC. The minimum Gasteiger partial charge on any atom is -0.494 e. The van der Waals surface area contributed by atoms with E-state index in [4.69, 9.17) is 9.47 Å². The molecule has 190 valence electrons. The lowest BCUT2D eigenvalue weighted by Crippen LogP contribution is -2.36. The van der Waals surface area contributed by atoms with Crippen LogP contribution >= 0.6 is 0 Å². The molecule has 1 saturated carbocycles. The van der Waals surface area contributed by atoms with Gasteiger partial charge < -0.3 is 9.47 Å². The van der Waals surface area contributed by atoms with E-state index in [0.717, 1.165) is 18.4 Å². The maximum Gasteiger partial charge on any atom is 0.243 e. The van der Waals surface area contributed by atoms with Crippen molar-refractivity contribution < 1.29 is 17.9 Å². The third-order valence-electron chi connectivity index (χ3n) is 6.21. The van der Waals surface area contributed by atoms with Gasteiger partial charge in [-0.2, -0.15) is 0 Å². The summed E-state index contributed by atoms with van der Waals surface area (Å²) in [6, 6.07) is 5.31. The van der Waals surface area contributed by atoms with Gasteiger partial charge in [0.2, 0.25) is 16.0 Å². The Kier molecular flexibility index (Phi) is 8.04. The summed E-state index contributed by atoms with van der Waals surface area (Å²) in [6.45, 7) is 11.5. The average Bonchev–Trinajstić information content (AvgIpc) is 3.17. The Labute approximate surface area is 208 Å². The molecule has 1 heterocycles. The topological polar surface area (TPSA) is 108 Å². The molecule has 1 aromatic heterocycles. The monoisotopic (exact) mass is 501 g/mol. The molecule has 1 aliphatic carbocycles. The Bertz CT molecular complexity index is 1200. The Morgan fingerprint density at radius 1 is 1.29 bits per heavy atom. The van der Waals surface area contributed by atoms with Crippen LogP contribution in [-0.2, 0) is 10.0 Å². The fourth-order valence-corrected chi connectivity index (χ4v) is 5.74. The molecule has 3 rings (SSSR count). The molecule has 1 aromatic carbocycles. The molecule has 35 heavy (non-hydrogen) atoms. The van der Waals surface area contributed by atoms with Crippen LogP contribution in [0.5, 0.6) is 11.5 Å². The third kappa shape index (κ3) is 6.11. The molecule has 0 saturated heterocycles. The first-order valence-corrected chi connectivity index (χ1v) is 13.0. The molecule has 0 aliphatic heterocycles. The maximum absolute atomic E-state index is 13.3. The Hall–Kier alpha value is -3.14. The number of sulfonamides is 1. The molecular formula is C25H35N5O4S. The van der Waals surface area contributed by atoms with Crippen molar-refractivity contribution in [1.29, 1.82) is 0 Å². The lowest BCUT2D eigenvalue weighted by molar-refractivity contribution is 0.0899. The lowest BCUT2D eigenvalue weighted by atomic mass is 9.63. The standard InChI is InChI=1S/C25H35N5O4S/c1-17(16-26-5)11-12-22-27-28-24(30(22)23-20(33-6)9-8-10-21(23)34-7)29-35(31,32)18(2)13-19-14-25(3,4)15-19/h8-12,16,18-19H,5,13-15H2,1-4,6-7H3,(H,28,29)/b12-11+,17-16-/t18-/m1/s1. The van der Waals surface area contributed by atoms with Gasteiger partial charge in [0.1, 0.15) is 17.2 Å². The van der Waals surface area contributed by atoms with E-state index in [9.17, 15) is 8.42 Å². The van der Waals surface area contributed by atoms with Crippen LogP contribution in [0.1, 0.15) is 52.8 Å². The molecule has 1 atom stereocenters. The highest BCUT2D eigenvalue weighted by Gasteiger charge is 2.38. The van der Waals surface area contributed by atoms with Crippen molar-refractivity contribution >= 4 is 28.8 Å². The molecule has 9 nitrogen and oxygen atoms in total. The van der Waals surface area contributed by atoms with Crippen LogP contribution in [0.15, 0.2) is 41.0 Å². The maximum atomic E-state index is 13.3. The van der Waals surface area contributed by atoms with Gasteiger partial charge in [0.15, 0.2) is 5.82 Å². The van der Waals surface area contributed by atoms with Crippen molar-refractivity contribution in [2.45, 2.75) is 52.2 Å². The second-order valence-electron chi connectivity index (χ2n) is 9.75. The Morgan fingerprint density at radius 2 is 1.91 bits per heavy atom. The van der Waals surface area contributed by atoms with E-state index in [-0.39, 0.29) is 11.4 Å². The zero-order valence-electron chi connectivity index (χ0n) is 21.3. The molecule has 0 spiro atoms. The van der Waals surface area contributed by atoms with Crippen LogP contribution in [0.2, 0.25) is 0 Å². The van der Waals surface area contributed by atoms with E-state index < -0.39 is 15.3 Å². The minimum atomic E-state index is -3.73. The fourth-order valence-electron chi connectivity index (χ4n) is 4.63. The first-order chi connectivity index (χ1) is 16.5. The van der Waals surface area contributed by atoms with Gasteiger partial charge in [-0.1, -0.05) is 26.0 Å². The van der Waals surface area contributed by atoms with Crippen molar-refractivity contribution in [2.75, 3.05) is 18.9 Å². The second-order valence-corrected chi connectivity index (χ2v) is 11.8. The predicted octanol–water partition coefficient (Wildman–Crippen LogP) is 4.86. The van der Waals surface area contributed by atoms with Crippen LogP contribution < -0.4 is 14.2 Å². The second kappa shape index (κ2) is 10.6. The number of nitrogens with zero attached hydrogens (tertiary/aromatic N) is 4. The molecule has 0 amide bonds. The molecule has 10 heteroatoms. The first kappa shape index (κ1) is 26.5. The highest BCUT2D eigenvalue weighted by atomic mass is 32.2. The van der Waals surface area contributed by atoms with Gasteiger partial charge in [-0.15, -0.1) is 10.2 Å². The zero-order chi connectivity index (χ0) is 25.8. The van der Waals surface area contributed by atoms with E-state index in [0.29, 0.717) is 35.3 Å². The van der Waals surface area contributed by atoms with Crippen LogP contribution in [0, 0.1) is 11.3 Å². The summed E-state index contributed by atoms with van der Waals surface area (Å²) in [6.07, 6.45) is 7.76. The highest BCUT2D eigenvalue weighted by Crippen LogP contribution is 2.47. The normalized spacial score (nSPS) is 17.1. The summed E-state index contributed by atoms with van der Waals surface area (Å²) in [7, 11) is -0.663. The van der Waals surface area contributed by atoms with Gasteiger partial charge in [0.05, 0.1) is 19.5 Å². The number of benzene rings is 1. The summed E-state index contributed by atoms with van der Waals surface area (Å²) in [5.41, 5.74) is 1.61. The van der Waals surface area contributed by atoms with E-state index in [1.165, 1.54) is 14.2 Å². The van der Waals surface area contributed by atoms with Crippen LogP contribution in [0.4, 0.5) is 5.95 Å². The molecule has 1 N–H and O–H groups in total. The van der Waals surface area contributed by atoms with Crippen molar-refractivity contribution in [1.82, 2.24) is 14.8 Å². The average molecular weight is 502 g/mol. The number of para-hydroxylation sites is 1. The minimum absolute atomic E-state index is 0.0525. The van der Waals surface area contributed by atoms with Gasteiger partial charge in [0, 0.05) is 6.20 Å². The van der Waals surface area contributed by atoms with E-state index >= 15 is 0 Å². The summed E-state index contributed by atoms with van der Waals surface area (Å²) < 4.78 is 42.0. The van der Waals surface area contributed by atoms with Crippen LogP contribution in [-0.4, -0.2) is 49.4 Å². The molecule has 0 unspecified atom stereocenters. The first-order valence-electron chi connectivity index (χ1n) is 11.5. The molecule has 2 aromatic rings. The van der Waals surface area contributed by atoms with Gasteiger partial charge in [-0.25, -0.2) is 8.42 Å². The number of hydrogen-bond acceptors (Lipinski definition) is 7. The molecule has 0 radical (unpaired) electrons. The summed E-state index contributed by atoms with van der Waals surface area (Å²) in [5, 5.41) is 7.83. The largest absolute Gasteiger partial charge is 0.494 e. The molecule has 0 bridgehead atoms. The van der Waals surface area contributed by atoms with E-state index in [2.05, 4.69) is 40.5 Å². The van der Waals surface area contributed by atoms with Gasteiger partial charge in [-0.05, 0) is 74.9 Å². The number of rotatable bonds is 11. The summed E-state index contributed by atoms with van der Waals surface area (Å²) >= 11 is 0. The van der Waals surface area contributed by atoms with E-state index in [1.54, 1.807) is 48.0 Å². The van der Waals surface area contributed by atoms with Crippen LogP contribution in [0.25, 0.3) is 11.8 Å². The Morgan fingerprint density at radius 3 is 2.46 bits per heavy atom. The van der Waals surface area contributed by atoms with Gasteiger partial charge >= 0.3 is 0 Å². The number of hydrogen-bond donors (Lipinski definition) is 1. The third-order valence-corrected chi connectivity index (χ3v) is 7.93. The van der Waals surface area contributed by atoms with Crippen molar-refractivity contribution in [2.24, 2.45) is 16.3 Å². The Balaban J connectivity index is 2.03. The number of aromatic nitrogens is 3. The smallest absolute Gasteiger partial charge is 0.243 e. The van der Waals surface area contributed by atoms with Crippen LogP contribution in [0.3, 0.4) is 0 Å². The van der Waals surface area contributed by atoms with Gasteiger partial charge in [0.25, 0.3) is 0 Å². The van der Waals surface area contributed by atoms with Gasteiger partial charge in [-0.3, -0.25) is 14.3 Å². The van der Waals surface area contributed by atoms with E-state index in [1.807, 2.05) is 6.92 Å². The number of aliphatic imine (C=N–C) groups is 1. The highest BCUT2D eigenvalue weighted by molar-refractivity contribution is 7.93.